The van der Waals surface area contributed by atoms with E-state index in [1.165, 1.54) is 6.07 Å². The standard InChI is InChI=1S/C18H19F4N3/c19-17(7-2-1-3-8-17)9-6-13-16-12(14-10-23-11-25(13)14)4-5-15(24-16)18(20,21)22/h4-5,10-11,13H,1-3,6-9H2. The zero-order valence-corrected chi connectivity index (χ0v) is 13.7. The summed E-state index contributed by atoms with van der Waals surface area (Å²) in [6.07, 6.45) is 3.40. The molecule has 0 saturated heterocycles. The lowest BCUT2D eigenvalue weighted by Gasteiger charge is -2.30. The molecule has 1 unspecified atom stereocenters. The molecule has 0 spiro atoms. The van der Waals surface area contributed by atoms with Crippen molar-refractivity contribution in [1.29, 1.82) is 0 Å². The van der Waals surface area contributed by atoms with Crippen LogP contribution >= 0.6 is 0 Å². The summed E-state index contributed by atoms with van der Waals surface area (Å²) in [7, 11) is 0. The minimum absolute atomic E-state index is 0.340. The van der Waals surface area contributed by atoms with Crippen LogP contribution in [0.15, 0.2) is 24.7 Å². The first-order valence-electron chi connectivity index (χ1n) is 8.67. The smallest absolute Gasteiger partial charge is 0.321 e. The van der Waals surface area contributed by atoms with E-state index < -0.39 is 17.5 Å². The van der Waals surface area contributed by atoms with Crippen molar-refractivity contribution in [3.63, 3.8) is 0 Å². The molecular weight excluding hydrogens is 334 g/mol. The van der Waals surface area contributed by atoms with E-state index in [0.29, 0.717) is 36.9 Å². The monoisotopic (exact) mass is 353 g/mol. The van der Waals surface area contributed by atoms with Crippen LogP contribution in [-0.2, 0) is 6.18 Å². The number of aromatic nitrogens is 3. The van der Waals surface area contributed by atoms with Crippen LogP contribution in [-0.4, -0.2) is 20.2 Å². The van der Waals surface area contributed by atoms with E-state index in [-0.39, 0.29) is 6.04 Å². The third-order valence-electron chi connectivity index (χ3n) is 5.42. The largest absolute Gasteiger partial charge is 0.433 e. The van der Waals surface area contributed by atoms with Crippen LogP contribution in [0.2, 0.25) is 0 Å². The second-order valence-electron chi connectivity index (χ2n) is 7.08. The van der Waals surface area contributed by atoms with Crippen LogP contribution in [0.1, 0.15) is 62.4 Å². The lowest BCUT2D eigenvalue weighted by atomic mass is 9.82. The fraction of sp³-hybridized carbons (Fsp3) is 0.556. The van der Waals surface area contributed by atoms with Gasteiger partial charge in [-0.15, -0.1) is 0 Å². The van der Waals surface area contributed by atoms with E-state index in [2.05, 4.69) is 9.97 Å². The average Bonchev–Trinajstić information content (AvgIpc) is 3.13. The molecule has 0 amide bonds. The number of fused-ring (bicyclic) bond motifs is 3. The number of pyridine rings is 1. The Labute approximate surface area is 143 Å². The van der Waals surface area contributed by atoms with E-state index >= 15 is 0 Å². The number of alkyl halides is 4. The van der Waals surface area contributed by atoms with E-state index in [0.717, 1.165) is 31.0 Å². The van der Waals surface area contributed by atoms with Gasteiger partial charge in [0.15, 0.2) is 0 Å². The van der Waals surface area contributed by atoms with E-state index in [9.17, 15) is 17.6 Å². The molecule has 1 aliphatic heterocycles. The molecule has 25 heavy (non-hydrogen) atoms. The van der Waals surface area contributed by atoms with Gasteiger partial charge < -0.3 is 4.57 Å². The summed E-state index contributed by atoms with van der Waals surface area (Å²) in [4.78, 5) is 7.98. The van der Waals surface area contributed by atoms with E-state index in [1.807, 2.05) is 4.57 Å². The number of imidazole rings is 1. The summed E-state index contributed by atoms with van der Waals surface area (Å²) in [5.41, 5.74) is -0.317. The van der Waals surface area contributed by atoms with E-state index in [1.54, 1.807) is 12.5 Å². The molecule has 0 N–H and O–H groups in total. The van der Waals surface area contributed by atoms with Crippen LogP contribution in [0.4, 0.5) is 17.6 Å². The highest BCUT2D eigenvalue weighted by Crippen LogP contribution is 2.44. The van der Waals surface area contributed by atoms with Gasteiger partial charge in [-0.2, -0.15) is 13.2 Å². The normalized spacial score (nSPS) is 21.8. The Morgan fingerprint density at radius 2 is 1.92 bits per heavy atom. The molecule has 0 bridgehead atoms. The lowest BCUT2D eigenvalue weighted by Crippen LogP contribution is -2.27. The molecule has 134 valence electrons. The molecule has 3 heterocycles. The number of hydrogen-bond donors (Lipinski definition) is 0. The van der Waals surface area contributed by atoms with Crippen LogP contribution in [0.5, 0.6) is 0 Å². The second-order valence-corrected chi connectivity index (χ2v) is 7.08. The molecule has 2 aromatic heterocycles. The van der Waals surface area contributed by atoms with E-state index in [4.69, 9.17) is 0 Å². The third kappa shape index (κ3) is 2.93. The topological polar surface area (TPSA) is 30.7 Å². The third-order valence-corrected chi connectivity index (χ3v) is 5.42. The summed E-state index contributed by atoms with van der Waals surface area (Å²) in [5, 5.41) is 0. The SMILES string of the molecule is FC1(CCC2c3nc(C(F)(F)F)ccc3-c3cncn32)CCCCC1. The zero-order chi connectivity index (χ0) is 17.7. The van der Waals surface area contributed by atoms with Crippen molar-refractivity contribution < 1.29 is 17.6 Å². The predicted molar refractivity (Wildman–Crippen MR) is 84.8 cm³/mol. The Balaban J connectivity index is 1.64. The first kappa shape index (κ1) is 16.5. The first-order valence-corrected chi connectivity index (χ1v) is 8.67. The molecule has 1 saturated carbocycles. The molecule has 0 aromatic carbocycles. The number of halogens is 4. The van der Waals surface area contributed by atoms with Crippen molar-refractivity contribution in [2.75, 3.05) is 0 Å². The fourth-order valence-corrected chi connectivity index (χ4v) is 4.10. The average molecular weight is 353 g/mol. The maximum absolute atomic E-state index is 14.9. The van der Waals surface area contributed by atoms with Crippen molar-refractivity contribution in [2.24, 2.45) is 0 Å². The predicted octanol–water partition coefficient (Wildman–Crippen LogP) is 5.32. The Hall–Kier alpha value is -1.92. The van der Waals surface area contributed by atoms with Gasteiger partial charge in [0.1, 0.15) is 11.4 Å². The van der Waals surface area contributed by atoms with Crippen molar-refractivity contribution >= 4 is 0 Å². The van der Waals surface area contributed by atoms with Crippen LogP contribution in [0.25, 0.3) is 11.3 Å². The number of nitrogens with zero attached hydrogens (tertiary/aromatic N) is 3. The zero-order valence-electron chi connectivity index (χ0n) is 13.7. The van der Waals surface area contributed by atoms with Crippen LogP contribution in [0, 0.1) is 0 Å². The number of rotatable bonds is 3. The molecule has 2 aromatic rings. The minimum atomic E-state index is -4.49. The molecule has 7 heteroatoms. The highest BCUT2D eigenvalue weighted by atomic mass is 19.4. The maximum atomic E-state index is 14.9. The van der Waals surface area contributed by atoms with Gasteiger partial charge in [-0.05, 0) is 37.8 Å². The molecule has 3 nitrogen and oxygen atoms in total. The molecular formula is C18H19F4N3. The van der Waals surface area contributed by atoms with Gasteiger partial charge in [0.05, 0.1) is 30.0 Å². The molecule has 1 aliphatic carbocycles. The van der Waals surface area contributed by atoms with Gasteiger partial charge in [0, 0.05) is 5.56 Å². The van der Waals surface area contributed by atoms with Gasteiger partial charge in [0.25, 0.3) is 0 Å². The van der Waals surface area contributed by atoms with Gasteiger partial charge in [-0.1, -0.05) is 19.3 Å². The quantitative estimate of drug-likeness (QED) is 0.699. The molecule has 0 radical (unpaired) electrons. The fourth-order valence-electron chi connectivity index (χ4n) is 4.10. The van der Waals surface area contributed by atoms with Gasteiger partial charge in [0.2, 0.25) is 0 Å². The summed E-state index contributed by atoms with van der Waals surface area (Å²) in [5.74, 6) is 0. The summed E-state index contributed by atoms with van der Waals surface area (Å²) in [6.45, 7) is 0. The van der Waals surface area contributed by atoms with Gasteiger partial charge in [-0.3, -0.25) is 0 Å². The highest BCUT2D eigenvalue weighted by Gasteiger charge is 2.38. The summed E-state index contributed by atoms with van der Waals surface area (Å²) < 4.78 is 55.9. The second kappa shape index (κ2) is 5.81. The Morgan fingerprint density at radius 1 is 1.16 bits per heavy atom. The molecule has 1 fully saturated rings. The van der Waals surface area contributed by atoms with Crippen molar-refractivity contribution in [3.05, 3.63) is 36.0 Å². The summed E-state index contributed by atoms with van der Waals surface area (Å²) >= 11 is 0. The number of hydrogen-bond acceptors (Lipinski definition) is 2. The molecule has 2 aliphatic rings. The highest BCUT2D eigenvalue weighted by molar-refractivity contribution is 5.67. The van der Waals surface area contributed by atoms with Gasteiger partial charge >= 0.3 is 6.18 Å². The molecule has 4 rings (SSSR count). The van der Waals surface area contributed by atoms with Crippen LogP contribution < -0.4 is 0 Å². The Morgan fingerprint density at radius 3 is 2.64 bits per heavy atom. The van der Waals surface area contributed by atoms with Crippen molar-refractivity contribution in [3.8, 4) is 11.3 Å². The lowest BCUT2D eigenvalue weighted by molar-refractivity contribution is -0.141. The van der Waals surface area contributed by atoms with Crippen LogP contribution in [0.3, 0.4) is 0 Å². The first-order chi connectivity index (χ1) is 11.9. The van der Waals surface area contributed by atoms with Crippen molar-refractivity contribution in [2.45, 2.75) is 62.8 Å². The minimum Gasteiger partial charge on any atom is -0.321 e. The van der Waals surface area contributed by atoms with Gasteiger partial charge in [-0.25, -0.2) is 14.4 Å². The van der Waals surface area contributed by atoms with Crippen molar-refractivity contribution in [1.82, 2.24) is 14.5 Å². The molecule has 1 atom stereocenters. The Bertz CT molecular complexity index is 775. The summed E-state index contributed by atoms with van der Waals surface area (Å²) in [6, 6.07) is 2.06. The Kier molecular flexibility index (Phi) is 3.85. The maximum Gasteiger partial charge on any atom is 0.433 e.